The maximum absolute atomic E-state index is 13.0. The Balaban J connectivity index is 0.000000559. The average Bonchev–Trinajstić information content (AvgIpc) is 2.88. The van der Waals surface area contributed by atoms with Crippen molar-refractivity contribution in [2.45, 2.75) is 32.7 Å². The van der Waals surface area contributed by atoms with Crippen LogP contribution in [0.4, 0.5) is 14.5 Å². The number of alkyl halides is 2. The van der Waals surface area contributed by atoms with E-state index in [-0.39, 0.29) is 17.0 Å². The molecule has 2 aromatic carbocycles. The van der Waals surface area contributed by atoms with Gasteiger partial charge in [0, 0.05) is 42.2 Å². The van der Waals surface area contributed by atoms with E-state index in [1.165, 1.54) is 23.3 Å². The van der Waals surface area contributed by atoms with Crippen LogP contribution >= 0.6 is 0 Å². The Bertz CT molecular complexity index is 1600. The number of hydrogen-bond acceptors (Lipinski definition) is 8. The van der Waals surface area contributed by atoms with Crippen molar-refractivity contribution in [3.63, 3.8) is 0 Å². The highest BCUT2D eigenvalue weighted by molar-refractivity contribution is 5.94. The van der Waals surface area contributed by atoms with Gasteiger partial charge in [0.05, 0.1) is 22.7 Å². The number of para-hydroxylation sites is 1. The number of aliphatic hydroxyl groups is 1. The fraction of sp³-hybridized carbons (Fsp3) is 0.172. The molecule has 1 aliphatic rings. The van der Waals surface area contributed by atoms with Crippen molar-refractivity contribution in [1.29, 1.82) is 0 Å². The average molecular weight is 553 g/mol. The van der Waals surface area contributed by atoms with Gasteiger partial charge in [-0.25, -0.2) is 10.6 Å². The highest BCUT2D eigenvalue weighted by atomic mass is 19.3. The van der Waals surface area contributed by atoms with Crippen molar-refractivity contribution in [2.75, 3.05) is 5.32 Å². The predicted molar refractivity (Wildman–Crippen MR) is 150 cm³/mol. The Hall–Kier alpha value is -4.90. The summed E-state index contributed by atoms with van der Waals surface area (Å²) in [6.07, 6.45) is 6.45. The largest absolute Gasteiger partial charge is 0.507 e. The number of aryl methyl sites for hydroxylation is 1. The zero-order valence-corrected chi connectivity index (χ0v) is 22.1. The number of fused-ring (bicyclic) bond motifs is 1. The molecule has 7 N–H and O–H groups in total. The van der Waals surface area contributed by atoms with E-state index >= 15 is 0 Å². The summed E-state index contributed by atoms with van der Waals surface area (Å²) in [6, 6.07) is 11.5. The summed E-state index contributed by atoms with van der Waals surface area (Å²) in [5, 5.41) is 22.5. The summed E-state index contributed by atoms with van der Waals surface area (Å²) in [4.78, 5) is 24.6. The van der Waals surface area contributed by atoms with E-state index in [1.54, 1.807) is 42.6 Å². The molecule has 0 spiro atoms. The number of anilines is 1. The van der Waals surface area contributed by atoms with E-state index in [2.05, 4.69) is 11.9 Å². The number of rotatable bonds is 6. The number of nitrogens with two attached hydrogens (primary N) is 2. The van der Waals surface area contributed by atoms with E-state index < -0.39 is 17.7 Å². The fourth-order valence-corrected chi connectivity index (χ4v) is 3.82. The Labute approximate surface area is 229 Å². The lowest BCUT2D eigenvalue weighted by Gasteiger charge is -2.21. The number of hydrazine groups is 1. The highest BCUT2D eigenvalue weighted by Crippen LogP contribution is 2.31. The lowest BCUT2D eigenvalue weighted by molar-refractivity contribution is 0.0197. The van der Waals surface area contributed by atoms with Crippen molar-refractivity contribution in [3.8, 4) is 0 Å². The van der Waals surface area contributed by atoms with Crippen LogP contribution in [0.3, 0.4) is 0 Å². The third-order valence-corrected chi connectivity index (χ3v) is 5.98. The number of nitrogens with zero attached hydrogens (tertiary/aromatic N) is 1. The second-order valence-corrected chi connectivity index (χ2v) is 9.17. The van der Waals surface area contributed by atoms with Gasteiger partial charge in [0.1, 0.15) is 11.3 Å². The minimum Gasteiger partial charge on any atom is -0.507 e. The van der Waals surface area contributed by atoms with Crippen LogP contribution in [0.5, 0.6) is 0 Å². The quantitative estimate of drug-likeness (QED) is 0.195. The number of halogens is 2. The predicted octanol–water partition coefficient (Wildman–Crippen LogP) is 5.57. The van der Waals surface area contributed by atoms with Crippen molar-refractivity contribution in [3.05, 3.63) is 118 Å². The third kappa shape index (κ3) is 6.75. The first kappa shape index (κ1) is 29.7. The topological polar surface area (TPSA) is 155 Å². The van der Waals surface area contributed by atoms with Crippen LogP contribution in [0.25, 0.3) is 16.5 Å². The zero-order valence-electron chi connectivity index (χ0n) is 22.1. The summed E-state index contributed by atoms with van der Waals surface area (Å²) in [5.74, 6) is 0.968. The van der Waals surface area contributed by atoms with Crippen LogP contribution in [-0.2, 0) is 0 Å². The lowest BCUT2D eigenvalue weighted by Crippen LogP contribution is -2.25. The van der Waals surface area contributed by atoms with E-state index in [1.807, 2.05) is 19.9 Å². The van der Waals surface area contributed by atoms with E-state index in [0.29, 0.717) is 40.6 Å². The maximum Gasteiger partial charge on any atom is 0.337 e. The molecular formula is C29H30F2N4O5. The molecule has 9 nitrogen and oxygen atoms in total. The second kappa shape index (κ2) is 11.9. The molecule has 0 aliphatic carbocycles. The summed E-state index contributed by atoms with van der Waals surface area (Å²) < 4.78 is 29.2. The molecule has 3 aromatic rings. The summed E-state index contributed by atoms with van der Waals surface area (Å²) in [5.41, 5.74) is 9.35. The number of nitrogens with one attached hydrogen (secondary N) is 1. The van der Waals surface area contributed by atoms with Gasteiger partial charge in [-0.1, -0.05) is 24.8 Å². The Morgan fingerprint density at radius 3 is 2.48 bits per heavy atom. The number of carboxylic acids is 1. The van der Waals surface area contributed by atoms with Crippen LogP contribution in [0.15, 0.2) is 94.3 Å². The van der Waals surface area contributed by atoms with Crippen molar-refractivity contribution in [2.24, 2.45) is 11.6 Å². The van der Waals surface area contributed by atoms with Crippen LogP contribution in [0.1, 0.15) is 47.1 Å². The Morgan fingerprint density at radius 1 is 1.23 bits per heavy atom. The van der Waals surface area contributed by atoms with E-state index in [9.17, 15) is 23.5 Å². The molecule has 0 bridgehead atoms. The lowest BCUT2D eigenvalue weighted by atomic mass is 10.00. The van der Waals surface area contributed by atoms with Gasteiger partial charge in [0.15, 0.2) is 11.2 Å². The van der Waals surface area contributed by atoms with Crippen LogP contribution < -0.4 is 22.3 Å². The molecule has 2 heterocycles. The van der Waals surface area contributed by atoms with E-state index in [4.69, 9.17) is 21.1 Å². The van der Waals surface area contributed by atoms with Crippen LogP contribution in [-0.4, -0.2) is 27.1 Å². The third-order valence-electron chi connectivity index (χ3n) is 5.98. The molecule has 40 heavy (non-hydrogen) atoms. The first-order chi connectivity index (χ1) is 18.7. The highest BCUT2D eigenvalue weighted by Gasteiger charge is 2.24. The van der Waals surface area contributed by atoms with Crippen molar-refractivity contribution >= 4 is 28.2 Å². The SMILES string of the molecule is C=C(O)C(C)(F)F.Cc1cc(C(C)Nc2ccccc2C(=O)O)c2oc(C3=C/C(=C/N)N(N)C=C3)cc(=O)c2c1. The molecule has 4 rings (SSSR count). The number of allylic oxidation sites excluding steroid dienone is 4. The molecule has 0 radical (unpaired) electrons. The number of benzene rings is 2. The van der Waals surface area contributed by atoms with Crippen molar-refractivity contribution in [1.82, 2.24) is 5.01 Å². The molecule has 1 aliphatic heterocycles. The number of aliphatic hydroxyl groups excluding tert-OH is 1. The molecule has 0 saturated carbocycles. The van der Waals surface area contributed by atoms with Gasteiger partial charge in [0.2, 0.25) is 0 Å². The molecule has 0 fully saturated rings. The minimum absolute atomic E-state index is 0.161. The first-order valence-corrected chi connectivity index (χ1v) is 12.0. The molecule has 11 heteroatoms. The van der Waals surface area contributed by atoms with Crippen LogP contribution in [0.2, 0.25) is 0 Å². The minimum atomic E-state index is -3.14. The number of carbonyl (C=O) groups is 1. The van der Waals surface area contributed by atoms with Gasteiger partial charge in [0.25, 0.3) is 5.92 Å². The molecule has 0 saturated heterocycles. The Morgan fingerprint density at radius 2 is 1.88 bits per heavy atom. The first-order valence-electron chi connectivity index (χ1n) is 12.0. The summed E-state index contributed by atoms with van der Waals surface area (Å²) in [7, 11) is 0. The molecule has 210 valence electrons. The smallest absolute Gasteiger partial charge is 0.337 e. The number of hydrogen-bond donors (Lipinski definition) is 5. The molecule has 0 amide bonds. The maximum atomic E-state index is 13.0. The van der Waals surface area contributed by atoms with Crippen LogP contribution in [0, 0.1) is 6.92 Å². The Kier molecular flexibility index (Phi) is 8.80. The molecule has 1 unspecified atom stereocenters. The van der Waals surface area contributed by atoms with Crippen molar-refractivity contribution < 1.29 is 28.2 Å². The molecular weight excluding hydrogens is 522 g/mol. The number of aromatic carboxylic acids is 1. The van der Waals surface area contributed by atoms with Gasteiger partial charge >= 0.3 is 5.97 Å². The zero-order chi connectivity index (χ0) is 29.8. The molecule has 1 atom stereocenters. The van der Waals surface area contributed by atoms with Gasteiger partial charge in [-0.05, 0) is 49.8 Å². The van der Waals surface area contributed by atoms with Gasteiger partial charge in [-0.3, -0.25) is 9.80 Å². The normalized spacial score (nSPS) is 14.8. The summed E-state index contributed by atoms with van der Waals surface area (Å²) >= 11 is 0. The standard InChI is InChI=1S/C25H24N4O4.C4H6F2O/c1-14-9-19(15(2)28-21-6-4-3-5-18(21)25(31)32)24-20(10-14)22(30)12-23(33-24)16-7-8-29(27)17(11-16)13-26;1-3(7)4(2,5)6/h3-13,15,28H,26-27H2,1-2H3,(H,31,32);7H,1H2,2H3/b17-13-;. The van der Waals surface area contributed by atoms with E-state index in [0.717, 1.165) is 11.1 Å². The van der Waals surface area contributed by atoms with Gasteiger partial charge < -0.3 is 25.7 Å². The second-order valence-electron chi connectivity index (χ2n) is 9.17. The fourth-order valence-electron chi connectivity index (χ4n) is 3.82. The monoisotopic (exact) mass is 552 g/mol. The summed E-state index contributed by atoms with van der Waals surface area (Å²) in [6.45, 7) is 7.00. The molecule has 1 aromatic heterocycles. The number of carboxylic acid groups (broad SMARTS) is 1. The van der Waals surface area contributed by atoms with Gasteiger partial charge in [-0.15, -0.1) is 0 Å². The van der Waals surface area contributed by atoms with Gasteiger partial charge in [-0.2, -0.15) is 8.78 Å².